The zero-order valence-corrected chi connectivity index (χ0v) is 20.1. The predicted molar refractivity (Wildman–Crippen MR) is 125 cm³/mol. The topological polar surface area (TPSA) is 93.2 Å². The van der Waals surface area contributed by atoms with Crippen molar-refractivity contribution in [3.63, 3.8) is 0 Å². The molecule has 0 aliphatic carbocycles. The third-order valence-corrected chi connectivity index (χ3v) is 6.03. The lowest BCUT2D eigenvalue weighted by Gasteiger charge is -2.31. The molecule has 2 aliphatic heterocycles. The second kappa shape index (κ2) is 14.0. The fourth-order valence-electron chi connectivity index (χ4n) is 3.94. The van der Waals surface area contributed by atoms with E-state index >= 15 is 0 Å². The Morgan fingerprint density at radius 3 is 2.09 bits per heavy atom. The van der Waals surface area contributed by atoms with Crippen molar-refractivity contribution < 1.29 is 32.7 Å². The molecule has 196 valence electrons. The number of hydrogen-bond donors (Lipinski definition) is 2. The summed E-state index contributed by atoms with van der Waals surface area (Å²) in [5.74, 6) is -2.57. The van der Waals surface area contributed by atoms with Gasteiger partial charge in [0.25, 0.3) is 5.91 Å². The van der Waals surface area contributed by atoms with E-state index in [9.17, 15) is 22.8 Å². The zero-order chi connectivity index (χ0) is 25.8. The Morgan fingerprint density at radius 1 is 0.971 bits per heavy atom. The van der Waals surface area contributed by atoms with Gasteiger partial charge in [0.2, 0.25) is 5.91 Å². The second-order valence-corrected chi connectivity index (χ2v) is 8.74. The quantitative estimate of drug-likeness (QED) is 0.597. The van der Waals surface area contributed by atoms with Gasteiger partial charge in [0, 0.05) is 57.8 Å². The number of amides is 2. The Balaban J connectivity index is 0.000000540. The van der Waals surface area contributed by atoms with Gasteiger partial charge in [-0.05, 0) is 45.0 Å². The predicted octanol–water partition coefficient (Wildman–Crippen LogP) is 2.38. The molecule has 2 N–H and O–H groups in total. The SMILES string of the molecule is Cc1ccc(C(=O)N(CCC(=O)N2CCNCC2)CCN2CCCCC2)cc1.O=C(O)C(F)(F)F. The molecule has 2 aliphatic rings. The number of carboxylic acids is 1. The molecule has 0 radical (unpaired) electrons. The van der Waals surface area contributed by atoms with Gasteiger partial charge in [-0.1, -0.05) is 24.1 Å². The highest BCUT2D eigenvalue weighted by molar-refractivity contribution is 5.94. The van der Waals surface area contributed by atoms with Crippen LogP contribution in [-0.4, -0.2) is 103 Å². The largest absolute Gasteiger partial charge is 0.490 e. The van der Waals surface area contributed by atoms with Gasteiger partial charge < -0.3 is 25.1 Å². The van der Waals surface area contributed by atoms with Crippen molar-refractivity contribution in [3.8, 4) is 0 Å². The number of alkyl halides is 3. The highest BCUT2D eigenvalue weighted by atomic mass is 19.4. The molecule has 0 spiro atoms. The Kier molecular flexibility index (Phi) is 11.5. The summed E-state index contributed by atoms with van der Waals surface area (Å²) < 4.78 is 31.7. The first-order valence-corrected chi connectivity index (χ1v) is 11.9. The lowest BCUT2D eigenvalue weighted by atomic mass is 10.1. The molecule has 11 heteroatoms. The van der Waals surface area contributed by atoms with E-state index in [1.807, 2.05) is 41.0 Å². The molecule has 0 saturated carbocycles. The van der Waals surface area contributed by atoms with Crippen LogP contribution in [0.3, 0.4) is 0 Å². The van der Waals surface area contributed by atoms with Crippen LogP contribution in [-0.2, 0) is 9.59 Å². The minimum Gasteiger partial charge on any atom is -0.475 e. The van der Waals surface area contributed by atoms with Gasteiger partial charge in [-0.15, -0.1) is 0 Å². The third kappa shape index (κ3) is 10.2. The second-order valence-electron chi connectivity index (χ2n) is 8.74. The van der Waals surface area contributed by atoms with Gasteiger partial charge in [-0.2, -0.15) is 13.2 Å². The summed E-state index contributed by atoms with van der Waals surface area (Å²) in [7, 11) is 0. The van der Waals surface area contributed by atoms with Crippen molar-refractivity contribution in [2.45, 2.75) is 38.8 Å². The fraction of sp³-hybridized carbons (Fsp3) is 0.625. The summed E-state index contributed by atoms with van der Waals surface area (Å²) in [6.07, 6.45) is -0.889. The maximum Gasteiger partial charge on any atom is 0.490 e. The van der Waals surface area contributed by atoms with Crippen LogP contribution in [0.2, 0.25) is 0 Å². The van der Waals surface area contributed by atoms with E-state index in [0.717, 1.165) is 51.4 Å². The Labute approximate surface area is 204 Å². The first-order chi connectivity index (χ1) is 16.6. The van der Waals surface area contributed by atoms with Gasteiger partial charge in [-0.25, -0.2) is 4.79 Å². The van der Waals surface area contributed by atoms with E-state index in [-0.39, 0.29) is 11.8 Å². The molecule has 0 bridgehead atoms. The van der Waals surface area contributed by atoms with Crippen molar-refractivity contribution in [1.82, 2.24) is 20.0 Å². The molecule has 0 aromatic heterocycles. The molecular weight excluding hydrogens is 465 g/mol. The number of halogens is 3. The minimum atomic E-state index is -5.08. The monoisotopic (exact) mass is 500 g/mol. The first-order valence-electron chi connectivity index (χ1n) is 11.9. The van der Waals surface area contributed by atoms with E-state index in [1.54, 1.807) is 0 Å². The van der Waals surface area contributed by atoms with Crippen molar-refractivity contribution in [3.05, 3.63) is 35.4 Å². The van der Waals surface area contributed by atoms with Gasteiger partial charge in [0.05, 0.1) is 0 Å². The highest BCUT2D eigenvalue weighted by Gasteiger charge is 2.38. The zero-order valence-electron chi connectivity index (χ0n) is 20.1. The van der Waals surface area contributed by atoms with Crippen LogP contribution in [0.1, 0.15) is 41.6 Å². The number of aryl methyl sites for hydroxylation is 1. The summed E-state index contributed by atoms with van der Waals surface area (Å²) in [5, 5.41) is 10.4. The number of nitrogens with one attached hydrogen (secondary N) is 1. The fourth-order valence-corrected chi connectivity index (χ4v) is 3.94. The van der Waals surface area contributed by atoms with Gasteiger partial charge in [0.1, 0.15) is 0 Å². The number of hydrogen-bond acceptors (Lipinski definition) is 5. The van der Waals surface area contributed by atoms with Crippen molar-refractivity contribution >= 4 is 17.8 Å². The molecule has 0 atom stereocenters. The van der Waals surface area contributed by atoms with Crippen LogP contribution in [0, 0.1) is 6.92 Å². The maximum atomic E-state index is 13.1. The number of piperazine rings is 1. The van der Waals surface area contributed by atoms with Crippen LogP contribution < -0.4 is 5.32 Å². The summed E-state index contributed by atoms with van der Waals surface area (Å²) in [6.45, 7) is 9.55. The number of carboxylic acid groups (broad SMARTS) is 1. The van der Waals surface area contributed by atoms with Crippen molar-refractivity contribution in [1.29, 1.82) is 0 Å². The Morgan fingerprint density at radius 2 is 1.54 bits per heavy atom. The van der Waals surface area contributed by atoms with Crippen LogP contribution >= 0.6 is 0 Å². The van der Waals surface area contributed by atoms with Crippen LogP contribution in [0.15, 0.2) is 24.3 Å². The lowest BCUT2D eigenvalue weighted by molar-refractivity contribution is -0.192. The molecular formula is C24H35F3N4O4. The first kappa shape index (κ1) is 28.6. The number of likely N-dealkylation sites (tertiary alicyclic amines) is 1. The van der Waals surface area contributed by atoms with Crippen LogP contribution in [0.4, 0.5) is 13.2 Å². The third-order valence-electron chi connectivity index (χ3n) is 6.03. The molecule has 2 saturated heterocycles. The Bertz CT molecular complexity index is 821. The van der Waals surface area contributed by atoms with E-state index in [0.29, 0.717) is 25.1 Å². The number of piperidine rings is 1. The molecule has 2 amide bonds. The summed E-state index contributed by atoms with van der Waals surface area (Å²) in [6, 6.07) is 7.73. The van der Waals surface area contributed by atoms with Gasteiger partial charge >= 0.3 is 12.1 Å². The number of carbonyl (C=O) groups is 3. The number of benzene rings is 1. The summed E-state index contributed by atoms with van der Waals surface area (Å²) in [5.41, 5.74) is 1.85. The summed E-state index contributed by atoms with van der Waals surface area (Å²) >= 11 is 0. The number of rotatable bonds is 7. The Hall–Kier alpha value is -2.66. The van der Waals surface area contributed by atoms with E-state index in [2.05, 4.69) is 10.2 Å². The van der Waals surface area contributed by atoms with Gasteiger partial charge in [0.15, 0.2) is 0 Å². The van der Waals surface area contributed by atoms with E-state index in [1.165, 1.54) is 19.3 Å². The van der Waals surface area contributed by atoms with Crippen molar-refractivity contribution in [2.75, 3.05) is 58.9 Å². The van der Waals surface area contributed by atoms with Crippen LogP contribution in [0.5, 0.6) is 0 Å². The lowest BCUT2D eigenvalue weighted by Crippen LogP contribution is -2.47. The number of carbonyl (C=O) groups excluding carboxylic acids is 2. The van der Waals surface area contributed by atoms with Crippen LogP contribution in [0.25, 0.3) is 0 Å². The molecule has 0 unspecified atom stereocenters. The maximum absolute atomic E-state index is 13.1. The number of nitrogens with zero attached hydrogens (tertiary/aromatic N) is 3. The van der Waals surface area contributed by atoms with Gasteiger partial charge in [-0.3, -0.25) is 9.59 Å². The molecule has 1 aromatic rings. The normalized spacial score (nSPS) is 16.7. The minimum absolute atomic E-state index is 0.0325. The standard InChI is InChI=1S/C22H34N4O2.C2HF3O2/c1-19-5-7-20(8-6-19)22(28)26(18-17-24-12-3-2-4-13-24)14-9-21(27)25-15-10-23-11-16-25;3-2(4,5)1(6)7/h5-8,23H,2-4,9-18H2,1H3;(H,6,7). The van der Waals surface area contributed by atoms with Crippen molar-refractivity contribution in [2.24, 2.45) is 0 Å². The van der Waals surface area contributed by atoms with E-state index < -0.39 is 12.1 Å². The van der Waals surface area contributed by atoms with E-state index in [4.69, 9.17) is 9.90 Å². The molecule has 2 heterocycles. The number of aliphatic carboxylic acids is 1. The molecule has 2 fully saturated rings. The average Bonchev–Trinajstić information content (AvgIpc) is 2.85. The highest BCUT2D eigenvalue weighted by Crippen LogP contribution is 2.13. The molecule has 8 nitrogen and oxygen atoms in total. The summed E-state index contributed by atoms with van der Waals surface area (Å²) in [4.78, 5) is 40.8. The molecule has 35 heavy (non-hydrogen) atoms. The molecule has 3 rings (SSSR count). The average molecular weight is 501 g/mol. The smallest absolute Gasteiger partial charge is 0.475 e. The molecule has 1 aromatic carbocycles.